The molecule has 32 heavy (non-hydrogen) atoms. The summed E-state index contributed by atoms with van der Waals surface area (Å²) >= 11 is 14.0. The number of aliphatic imine (C=N–C) groups is 1. The maximum absolute atomic E-state index is 13.2. The lowest BCUT2D eigenvalue weighted by atomic mass is 10.1. The van der Waals surface area contributed by atoms with Crippen molar-refractivity contribution in [3.63, 3.8) is 0 Å². The molecule has 1 amide bonds. The zero-order valence-corrected chi connectivity index (χ0v) is 19.8. The molecule has 2 aliphatic heterocycles. The first-order valence-corrected chi connectivity index (χ1v) is 12.0. The quantitative estimate of drug-likeness (QED) is 0.415. The van der Waals surface area contributed by atoms with Crippen molar-refractivity contribution in [3.8, 4) is 0 Å². The Hall–Kier alpha value is -2.47. The Morgan fingerprint density at radius 1 is 0.906 bits per heavy atom. The van der Waals surface area contributed by atoms with Gasteiger partial charge >= 0.3 is 0 Å². The molecule has 2 heterocycles. The number of carbonyl (C=O) groups is 1. The molecule has 4 nitrogen and oxygen atoms in total. The van der Waals surface area contributed by atoms with E-state index in [2.05, 4.69) is 11.0 Å². The van der Waals surface area contributed by atoms with Gasteiger partial charge in [0, 0.05) is 68.5 Å². The van der Waals surface area contributed by atoms with Crippen LogP contribution in [0.3, 0.4) is 0 Å². The first-order chi connectivity index (χ1) is 15.5. The summed E-state index contributed by atoms with van der Waals surface area (Å²) < 4.78 is 0. The Labute approximate surface area is 201 Å². The van der Waals surface area contributed by atoms with E-state index in [1.807, 2.05) is 66.4 Å². The van der Waals surface area contributed by atoms with Gasteiger partial charge in [-0.05, 0) is 61.5 Å². The highest BCUT2D eigenvalue weighted by molar-refractivity contribution is 7.99. The summed E-state index contributed by atoms with van der Waals surface area (Å²) in [5.74, 6) is 0.0428. The van der Waals surface area contributed by atoms with Gasteiger partial charge in [-0.1, -0.05) is 41.0 Å². The van der Waals surface area contributed by atoms with E-state index >= 15 is 0 Å². The summed E-state index contributed by atoms with van der Waals surface area (Å²) in [4.78, 5) is 24.4. The van der Waals surface area contributed by atoms with Crippen LogP contribution in [0.2, 0.25) is 10.0 Å². The van der Waals surface area contributed by atoms with Crippen LogP contribution < -0.4 is 4.90 Å². The van der Waals surface area contributed by atoms with Crippen LogP contribution in [0.4, 0.5) is 11.4 Å². The van der Waals surface area contributed by atoms with Crippen LogP contribution >= 0.6 is 35.0 Å². The van der Waals surface area contributed by atoms with Crippen LogP contribution in [0, 0.1) is 0 Å². The topological polar surface area (TPSA) is 35.9 Å². The normalized spacial score (nSPS) is 15.5. The van der Waals surface area contributed by atoms with E-state index in [1.54, 1.807) is 11.8 Å². The number of fused-ring (bicyclic) bond motifs is 2. The van der Waals surface area contributed by atoms with E-state index in [0.29, 0.717) is 23.7 Å². The molecule has 162 valence electrons. The molecule has 0 N–H and O–H groups in total. The smallest absolute Gasteiger partial charge is 0.254 e. The number of piperazine rings is 1. The molecule has 2 aliphatic rings. The third-order valence-electron chi connectivity index (χ3n) is 5.79. The van der Waals surface area contributed by atoms with E-state index in [0.717, 1.165) is 50.6 Å². The second kappa shape index (κ2) is 8.81. The molecule has 0 aromatic heterocycles. The molecule has 1 fully saturated rings. The molecular weight excluding hydrogens is 461 g/mol. The van der Waals surface area contributed by atoms with E-state index in [-0.39, 0.29) is 5.91 Å². The molecule has 7 heteroatoms. The first-order valence-electron chi connectivity index (χ1n) is 10.4. The molecule has 1 saturated heterocycles. The number of hydrogen-bond donors (Lipinski definition) is 0. The second-order valence-corrected chi connectivity index (χ2v) is 9.84. The largest absolute Gasteiger partial charge is 0.368 e. The van der Waals surface area contributed by atoms with Crippen molar-refractivity contribution in [1.82, 2.24) is 4.90 Å². The molecule has 0 radical (unpaired) electrons. The molecule has 5 rings (SSSR count). The molecule has 3 aromatic carbocycles. The van der Waals surface area contributed by atoms with Gasteiger partial charge in [-0.2, -0.15) is 0 Å². The van der Waals surface area contributed by atoms with Gasteiger partial charge in [0.15, 0.2) is 0 Å². The Morgan fingerprint density at radius 3 is 2.44 bits per heavy atom. The fourth-order valence-corrected chi connectivity index (χ4v) is 5.47. The van der Waals surface area contributed by atoms with Crippen molar-refractivity contribution < 1.29 is 4.79 Å². The fraction of sp³-hybridized carbons (Fsp3) is 0.200. The first kappa shape index (κ1) is 21.4. The molecule has 0 unspecified atom stereocenters. The molecule has 0 atom stereocenters. The van der Waals surface area contributed by atoms with Crippen LogP contribution in [-0.2, 0) is 0 Å². The number of nitrogens with zero attached hydrogens (tertiary/aromatic N) is 3. The predicted octanol–water partition coefficient (Wildman–Crippen LogP) is 6.56. The number of halogens is 2. The highest BCUT2D eigenvalue weighted by atomic mass is 35.5. The SMILES string of the molecule is CC1=Nc2cc(C(=O)N3CCN(c4cccc(Cl)c4)CC3)ccc2Sc2ccc(Cl)cc21. The Balaban J connectivity index is 1.34. The van der Waals surface area contributed by atoms with Crippen LogP contribution in [0.1, 0.15) is 22.8 Å². The number of benzene rings is 3. The maximum Gasteiger partial charge on any atom is 0.254 e. The fourth-order valence-electron chi connectivity index (χ4n) is 4.08. The number of hydrogen-bond acceptors (Lipinski definition) is 4. The van der Waals surface area contributed by atoms with Gasteiger partial charge < -0.3 is 9.80 Å². The van der Waals surface area contributed by atoms with E-state index < -0.39 is 0 Å². The van der Waals surface area contributed by atoms with Crippen LogP contribution in [0.25, 0.3) is 0 Å². The predicted molar refractivity (Wildman–Crippen MR) is 133 cm³/mol. The van der Waals surface area contributed by atoms with Crippen molar-refractivity contribution in [2.45, 2.75) is 16.7 Å². The van der Waals surface area contributed by atoms with Gasteiger partial charge in [0.1, 0.15) is 0 Å². The summed E-state index contributed by atoms with van der Waals surface area (Å²) in [6.07, 6.45) is 0. The van der Waals surface area contributed by atoms with Crippen molar-refractivity contribution in [1.29, 1.82) is 0 Å². The van der Waals surface area contributed by atoms with Gasteiger partial charge in [-0.3, -0.25) is 9.79 Å². The Morgan fingerprint density at radius 2 is 1.66 bits per heavy atom. The van der Waals surface area contributed by atoms with Crippen molar-refractivity contribution in [3.05, 3.63) is 81.8 Å². The second-order valence-electron chi connectivity index (χ2n) is 7.88. The lowest BCUT2D eigenvalue weighted by Gasteiger charge is -2.36. The van der Waals surface area contributed by atoms with Crippen LogP contribution in [0.15, 0.2) is 75.4 Å². The van der Waals surface area contributed by atoms with Gasteiger partial charge in [-0.15, -0.1) is 0 Å². The average molecular weight is 482 g/mol. The Bertz CT molecular complexity index is 1240. The third kappa shape index (κ3) is 4.25. The maximum atomic E-state index is 13.2. The lowest BCUT2D eigenvalue weighted by Crippen LogP contribution is -2.48. The zero-order chi connectivity index (χ0) is 22.2. The molecule has 0 spiro atoms. The number of anilines is 1. The highest BCUT2D eigenvalue weighted by Gasteiger charge is 2.24. The molecule has 0 aliphatic carbocycles. The number of rotatable bonds is 2. The van der Waals surface area contributed by atoms with Gasteiger partial charge in [0.05, 0.1) is 5.69 Å². The summed E-state index contributed by atoms with van der Waals surface area (Å²) in [6, 6.07) is 19.5. The van der Waals surface area contributed by atoms with E-state index in [1.165, 1.54) is 0 Å². The van der Waals surface area contributed by atoms with Crippen molar-refractivity contribution >= 4 is 58.0 Å². The molecule has 0 bridgehead atoms. The summed E-state index contributed by atoms with van der Waals surface area (Å²) in [5, 5.41) is 1.42. The minimum absolute atomic E-state index is 0.0428. The summed E-state index contributed by atoms with van der Waals surface area (Å²) in [5.41, 5.74) is 4.51. The monoisotopic (exact) mass is 481 g/mol. The highest BCUT2D eigenvalue weighted by Crippen LogP contribution is 2.41. The van der Waals surface area contributed by atoms with Crippen LogP contribution in [-0.4, -0.2) is 42.7 Å². The summed E-state index contributed by atoms with van der Waals surface area (Å²) in [6.45, 7) is 4.88. The zero-order valence-electron chi connectivity index (χ0n) is 17.5. The third-order valence-corrected chi connectivity index (χ3v) is 7.40. The standard InChI is InChI=1S/C25H21Cl2N3OS/c1-16-21-15-19(27)6-8-23(21)32-24-7-5-17(13-22(24)28-16)25(31)30-11-9-29(10-12-30)20-4-2-3-18(26)14-20/h2-8,13-15H,9-12H2,1H3. The minimum atomic E-state index is 0.0428. The van der Waals surface area contributed by atoms with Crippen molar-refractivity contribution in [2.24, 2.45) is 4.99 Å². The Kier molecular flexibility index (Phi) is 5.89. The van der Waals surface area contributed by atoms with Crippen LogP contribution in [0.5, 0.6) is 0 Å². The minimum Gasteiger partial charge on any atom is -0.368 e. The van der Waals surface area contributed by atoms with Gasteiger partial charge in [-0.25, -0.2) is 0 Å². The van der Waals surface area contributed by atoms with E-state index in [9.17, 15) is 4.79 Å². The molecule has 3 aromatic rings. The van der Waals surface area contributed by atoms with Gasteiger partial charge in [0.2, 0.25) is 0 Å². The lowest BCUT2D eigenvalue weighted by molar-refractivity contribution is 0.0746. The summed E-state index contributed by atoms with van der Waals surface area (Å²) in [7, 11) is 0. The van der Waals surface area contributed by atoms with Gasteiger partial charge in [0.25, 0.3) is 5.91 Å². The van der Waals surface area contributed by atoms with Crippen molar-refractivity contribution in [2.75, 3.05) is 31.1 Å². The average Bonchev–Trinajstić information content (AvgIpc) is 2.94. The molecule has 0 saturated carbocycles. The van der Waals surface area contributed by atoms with E-state index in [4.69, 9.17) is 28.2 Å². The molecular formula is C25H21Cl2N3OS. The number of carbonyl (C=O) groups excluding carboxylic acids is 1. The number of amides is 1.